The van der Waals surface area contributed by atoms with E-state index in [1.54, 1.807) is 0 Å². The minimum absolute atomic E-state index is 0.0178. The lowest BCUT2D eigenvalue weighted by atomic mass is 10.0. The Bertz CT molecular complexity index is 641. The van der Waals surface area contributed by atoms with Crippen LogP contribution in [0.4, 0.5) is 5.69 Å². The zero-order valence-electron chi connectivity index (χ0n) is 12.4. The molecule has 108 valence electrons. The van der Waals surface area contributed by atoms with Crippen molar-refractivity contribution in [3.05, 3.63) is 65.2 Å². The number of nitrogens with one attached hydrogen (secondary N) is 2. The van der Waals surface area contributed by atoms with E-state index in [0.717, 1.165) is 12.1 Å². The zero-order valence-corrected chi connectivity index (χ0v) is 12.4. The van der Waals surface area contributed by atoms with Gasteiger partial charge in [-0.05, 0) is 36.6 Å². The fraction of sp³-hybridized carbons (Fsp3) is 0.278. The Morgan fingerprint density at radius 3 is 2.67 bits per heavy atom. The third kappa shape index (κ3) is 2.77. The van der Waals surface area contributed by atoms with Crippen LogP contribution in [0.25, 0.3) is 0 Å². The minimum Gasteiger partial charge on any atom is -0.373 e. The Hall–Kier alpha value is -2.29. The van der Waals surface area contributed by atoms with E-state index in [4.69, 9.17) is 0 Å². The molecule has 0 saturated carbocycles. The van der Waals surface area contributed by atoms with E-state index in [0.29, 0.717) is 0 Å². The SMILES string of the molecule is Cc1ccccc1[C@H](C)NC(=O)C1Cc2ccccc2N1. The first-order valence-corrected chi connectivity index (χ1v) is 7.35. The quantitative estimate of drug-likeness (QED) is 0.906. The van der Waals surface area contributed by atoms with Crippen molar-refractivity contribution in [2.45, 2.75) is 32.4 Å². The molecule has 1 aliphatic heterocycles. The molecule has 1 aliphatic rings. The number of benzene rings is 2. The number of fused-ring (bicyclic) bond motifs is 1. The van der Waals surface area contributed by atoms with Gasteiger partial charge in [0.2, 0.25) is 5.91 Å². The zero-order chi connectivity index (χ0) is 14.8. The Kier molecular flexibility index (Phi) is 3.65. The standard InChI is InChI=1S/C18H20N2O/c1-12-7-3-5-9-15(12)13(2)19-18(21)17-11-14-8-4-6-10-16(14)20-17/h3-10,13,17,20H,11H2,1-2H3,(H,19,21)/t13-,17?/m0/s1. The van der Waals surface area contributed by atoms with Crippen LogP contribution in [-0.4, -0.2) is 11.9 Å². The molecule has 3 nitrogen and oxygen atoms in total. The van der Waals surface area contributed by atoms with Gasteiger partial charge in [-0.2, -0.15) is 0 Å². The number of amides is 1. The molecule has 3 rings (SSSR count). The van der Waals surface area contributed by atoms with E-state index in [-0.39, 0.29) is 18.0 Å². The van der Waals surface area contributed by atoms with Gasteiger partial charge in [0.25, 0.3) is 0 Å². The molecule has 3 heteroatoms. The Morgan fingerprint density at radius 1 is 1.19 bits per heavy atom. The fourth-order valence-electron chi connectivity index (χ4n) is 2.92. The second-order valence-electron chi connectivity index (χ2n) is 5.65. The van der Waals surface area contributed by atoms with Crippen molar-refractivity contribution in [3.63, 3.8) is 0 Å². The molecular formula is C18H20N2O. The first-order valence-electron chi connectivity index (χ1n) is 7.35. The van der Waals surface area contributed by atoms with Crippen molar-refractivity contribution < 1.29 is 4.79 Å². The third-order valence-corrected chi connectivity index (χ3v) is 4.10. The van der Waals surface area contributed by atoms with Gasteiger partial charge in [0.05, 0.1) is 6.04 Å². The molecular weight excluding hydrogens is 260 g/mol. The summed E-state index contributed by atoms with van der Waals surface area (Å²) in [6.45, 7) is 4.10. The predicted molar refractivity (Wildman–Crippen MR) is 85.3 cm³/mol. The number of anilines is 1. The van der Waals surface area contributed by atoms with Gasteiger partial charge in [-0.15, -0.1) is 0 Å². The molecule has 2 aromatic carbocycles. The van der Waals surface area contributed by atoms with Crippen molar-refractivity contribution in [1.82, 2.24) is 5.32 Å². The average molecular weight is 280 g/mol. The van der Waals surface area contributed by atoms with Gasteiger partial charge >= 0.3 is 0 Å². The monoisotopic (exact) mass is 280 g/mol. The summed E-state index contributed by atoms with van der Waals surface area (Å²) in [7, 11) is 0. The second kappa shape index (κ2) is 5.60. The summed E-state index contributed by atoms with van der Waals surface area (Å²) in [5, 5.41) is 6.41. The van der Waals surface area contributed by atoms with E-state index in [1.165, 1.54) is 16.7 Å². The van der Waals surface area contributed by atoms with Crippen LogP contribution < -0.4 is 10.6 Å². The molecule has 0 saturated heterocycles. The van der Waals surface area contributed by atoms with Crippen molar-refractivity contribution in [3.8, 4) is 0 Å². The Labute approximate surface area is 125 Å². The van der Waals surface area contributed by atoms with Gasteiger partial charge in [-0.3, -0.25) is 4.79 Å². The molecule has 0 bridgehead atoms. The Morgan fingerprint density at radius 2 is 1.90 bits per heavy atom. The van der Waals surface area contributed by atoms with E-state index in [9.17, 15) is 4.79 Å². The highest BCUT2D eigenvalue weighted by Crippen LogP contribution is 2.26. The maximum absolute atomic E-state index is 12.4. The van der Waals surface area contributed by atoms with Crippen LogP contribution >= 0.6 is 0 Å². The van der Waals surface area contributed by atoms with Gasteiger partial charge in [-0.25, -0.2) is 0 Å². The van der Waals surface area contributed by atoms with Crippen LogP contribution in [0.1, 0.15) is 29.7 Å². The number of carbonyl (C=O) groups excluding carboxylic acids is 1. The van der Waals surface area contributed by atoms with E-state index >= 15 is 0 Å². The summed E-state index contributed by atoms with van der Waals surface area (Å²) >= 11 is 0. The number of hydrogen-bond donors (Lipinski definition) is 2. The topological polar surface area (TPSA) is 41.1 Å². The highest BCUT2D eigenvalue weighted by molar-refractivity contribution is 5.87. The van der Waals surface area contributed by atoms with E-state index in [2.05, 4.69) is 35.8 Å². The first-order chi connectivity index (χ1) is 10.1. The van der Waals surface area contributed by atoms with Gasteiger partial charge in [0.15, 0.2) is 0 Å². The first kappa shape index (κ1) is 13.7. The molecule has 0 aliphatic carbocycles. The van der Waals surface area contributed by atoms with Crippen LogP contribution in [0.2, 0.25) is 0 Å². The van der Waals surface area contributed by atoms with Gasteiger partial charge < -0.3 is 10.6 Å². The number of para-hydroxylation sites is 1. The van der Waals surface area contributed by atoms with Crippen molar-refractivity contribution in [2.24, 2.45) is 0 Å². The molecule has 0 fully saturated rings. The predicted octanol–water partition coefficient (Wildman–Crippen LogP) is 3.21. The van der Waals surface area contributed by atoms with Gasteiger partial charge in [0, 0.05) is 12.1 Å². The van der Waals surface area contributed by atoms with Crippen molar-refractivity contribution in [2.75, 3.05) is 5.32 Å². The third-order valence-electron chi connectivity index (χ3n) is 4.10. The van der Waals surface area contributed by atoms with Gasteiger partial charge in [-0.1, -0.05) is 42.5 Å². The summed E-state index contributed by atoms with van der Waals surface area (Å²) in [6.07, 6.45) is 0.752. The van der Waals surface area contributed by atoms with Crippen LogP contribution in [0, 0.1) is 6.92 Å². The fourth-order valence-corrected chi connectivity index (χ4v) is 2.92. The van der Waals surface area contributed by atoms with Crippen molar-refractivity contribution in [1.29, 1.82) is 0 Å². The van der Waals surface area contributed by atoms with E-state index < -0.39 is 0 Å². The van der Waals surface area contributed by atoms with Crippen molar-refractivity contribution >= 4 is 11.6 Å². The van der Waals surface area contributed by atoms with E-state index in [1.807, 2.05) is 37.3 Å². The van der Waals surface area contributed by atoms with Crippen LogP contribution in [0.15, 0.2) is 48.5 Å². The van der Waals surface area contributed by atoms with Gasteiger partial charge in [0.1, 0.15) is 6.04 Å². The van der Waals surface area contributed by atoms with Crippen LogP contribution in [0.5, 0.6) is 0 Å². The summed E-state index contributed by atoms with van der Waals surface area (Å²) < 4.78 is 0. The molecule has 21 heavy (non-hydrogen) atoms. The maximum atomic E-state index is 12.4. The van der Waals surface area contributed by atoms with Crippen LogP contribution in [-0.2, 0) is 11.2 Å². The number of carbonyl (C=O) groups is 1. The van der Waals surface area contributed by atoms with Crippen LogP contribution in [0.3, 0.4) is 0 Å². The molecule has 0 spiro atoms. The molecule has 1 heterocycles. The number of aryl methyl sites for hydroxylation is 1. The molecule has 2 N–H and O–H groups in total. The largest absolute Gasteiger partial charge is 0.373 e. The molecule has 1 unspecified atom stereocenters. The number of hydrogen-bond acceptors (Lipinski definition) is 2. The second-order valence-corrected chi connectivity index (χ2v) is 5.65. The maximum Gasteiger partial charge on any atom is 0.243 e. The smallest absolute Gasteiger partial charge is 0.243 e. The summed E-state index contributed by atoms with van der Waals surface area (Å²) in [6, 6.07) is 16.1. The normalized spacial score (nSPS) is 17.7. The molecule has 0 aromatic heterocycles. The molecule has 2 aromatic rings. The highest BCUT2D eigenvalue weighted by atomic mass is 16.2. The molecule has 1 amide bonds. The lowest BCUT2D eigenvalue weighted by molar-refractivity contribution is -0.122. The highest BCUT2D eigenvalue weighted by Gasteiger charge is 2.27. The molecule has 0 radical (unpaired) electrons. The summed E-state index contributed by atoms with van der Waals surface area (Å²) in [5.74, 6) is 0.0574. The molecule has 2 atom stereocenters. The summed E-state index contributed by atoms with van der Waals surface area (Å²) in [5.41, 5.74) is 4.65. The lowest BCUT2D eigenvalue weighted by Crippen LogP contribution is -2.39. The minimum atomic E-state index is -0.172. The lowest BCUT2D eigenvalue weighted by Gasteiger charge is -2.19. The number of rotatable bonds is 3. The summed E-state index contributed by atoms with van der Waals surface area (Å²) in [4.78, 5) is 12.4. The average Bonchev–Trinajstić information content (AvgIpc) is 2.91. The Balaban J connectivity index is 1.67.